The number of imidazole rings is 1. The van der Waals surface area contributed by atoms with Crippen molar-refractivity contribution in [1.29, 1.82) is 0 Å². The van der Waals surface area contributed by atoms with Crippen LogP contribution in [0.25, 0.3) is 45.2 Å². The third kappa shape index (κ3) is 3.73. The molecule has 0 bridgehead atoms. The molecule has 188 valence electrons. The molecule has 4 heterocycles. The molecule has 0 unspecified atom stereocenters. The number of aryl methyl sites for hydroxylation is 3. The van der Waals surface area contributed by atoms with E-state index in [1.54, 1.807) is 0 Å². The fourth-order valence-corrected chi connectivity index (χ4v) is 5.88. The van der Waals surface area contributed by atoms with Gasteiger partial charge in [0.25, 0.3) is 0 Å². The predicted octanol–water partition coefficient (Wildman–Crippen LogP) is 7.03. The molecule has 0 saturated carbocycles. The minimum absolute atomic E-state index is 0.906. The number of aromatic nitrogens is 4. The summed E-state index contributed by atoms with van der Waals surface area (Å²) in [6.45, 7) is 9.33. The Labute approximate surface area is 223 Å². The second-order valence-corrected chi connectivity index (χ2v) is 10.7. The second kappa shape index (κ2) is 8.95. The van der Waals surface area contributed by atoms with Crippen LogP contribution < -0.4 is 4.90 Å². The fraction of sp³-hybridized carbons (Fsp3) is 0.242. The van der Waals surface area contributed by atoms with Gasteiger partial charge in [-0.15, -0.1) is 10.2 Å². The summed E-state index contributed by atoms with van der Waals surface area (Å²) < 4.78 is 2.43. The molecule has 2 aliphatic heterocycles. The zero-order valence-electron chi connectivity index (χ0n) is 22.2. The first kappa shape index (κ1) is 22.9. The maximum Gasteiger partial charge on any atom is 0.142 e. The topological polar surface area (TPSA) is 46.8 Å². The molecule has 2 aliphatic rings. The lowest BCUT2D eigenvalue weighted by Crippen LogP contribution is -2.33. The van der Waals surface area contributed by atoms with Crippen LogP contribution in [0.4, 0.5) is 5.82 Å². The van der Waals surface area contributed by atoms with Crippen molar-refractivity contribution in [2.75, 3.05) is 18.0 Å². The predicted molar refractivity (Wildman–Crippen MR) is 154 cm³/mol. The third-order valence-electron chi connectivity index (χ3n) is 7.95. The molecule has 0 radical (unpaired) electrons. The number of rotatable bonds is 3. The van der Waals surface area contributed by atoms with Gasteiger partial charge in [0.05, 0.1) is 5.69 Å². The van der Waals surface area contributed by atoms with E-state index in [4.69, 9.17) is 15.2 Å². The average Bonchev–Trinajstić information content (AvgIpc) is 3.24. The van der Waals surface area contributed by atoms with Crippen molar-refractivity contribution in [3.8, 4) is 45.2 Å². The van der Waals surface area contributed by atoms with Gasteiger partial charge in [0.2, 0.25) is 0 Å². The summed E-state index contributed by atoms with van der Waals surface area (Å²) in [5, 5.41) is 9.77. The van der Waals surface area contributed by atoms with Gasteiger partial charge in [-0.1, -0.05) is 89.5 Å². The molecule has 0 spiro atoms. The number of hydrogen-bond donors (Lipinski definition) is 0. The summed E-state index contributed by atoms with van der Waals surface area (Å²) >= 11 is 0. The highest BCUT2D eigenvalue weighted by Gasteiger charge is 2.34. The highest BCUT2D eigenvalue weighted by molar-refractivity contribution is 5.92. The molecule has 38 heavy (non-hydrogen) atoms. The van der Waals surface area contributed by atoms with E-state index in [-0.39, 0.29) is 0 Å². The summed E-state index contributed by atoms with van der Waals surface area (Å²) in [5.74, 6) is 2.26. The SMILES string of the molecule is Cc1ccc(-c2nnc(-c3ccc(C)cc3)c3c2CCN2CCCn4c(-c5ccc(C)cc5)nc-3c42)cc1. The van der Waals surface area contributed by atoms with Gasteiger partial charge in [0, 0.05) is 41.9 Å². The summed E-state index contributed by atoms with van der Waals surface area (Å²) in [5.41, 5.74) is 12.4. The molecule has 5 heteroatoms. The van der Waals surface area contributed by atoms with Crippen molar-refractivity contribution in [2.24, 2.45) is 0 Å². The third-order valence-corrected chi connectivity index (χ3v) is 7.95. The largest absolute Gasteiger partial charge is 0.356 e. The van der Waals surface area contributed by atoms with Crippen molar-refractivity contribution in [1.82, 2.24) is 19.7 Å². The quantitative estimate of drug-likeness (QED) is 0.268. The molecule has 0 aliphatic carbocycles. The van der Waals surface area contributed by atoms with Crippen LogP contribution in [0.1, 0.15) is 28.7 Å². The molecular weight excluding hydrogens is 466 g/mol. The van der Waals surface area contributed by atoms with E-state index in [1.165, 1.54) is 28.1 Å². The molecule has 3 aromatic carbocycles. The van der Waals surface area contributed by atoms with E-state index in [0.29, 0.717) is 0 Å². The summed E-state index contributed by atoms with van der Waals surface area (Å²) in [6.07, 6.45) is 2.02. The van der Waals surface area contributed by atoms with Gasteiger partial charge in [-0.3, -0.25) is 0 Å². The lowest BCUT2D eigenvalue weighted by atomic mass is 9.93. The van der Waals surface area contributed by atoms with Crippen LogP contribution in [0.15, 0.2) is 72.8 Å². The van der Waals surface area contributed by atoms with E-state index < -0.39 is 0 Å². The Hall–Kier alpha value is -4.25. The van der Waals surface area contributed by atoms with Crippen LogP contribution in [0.5, 0.6) is 0 Å². The van der Waals surface area contributed by atoms with Crippen molar-refractivity contribution in [2.45, 2.75) is 40.2 Å². The Morgan fingerprint density at radius 2 is 1.13 bits per heavy atom. The van der Waals surface area contributed by atoms with Gasteiger partial charge in [-0.25, -0.2) is 4.98 Å². The highest BCUT2D eigenvalue weighted by Crippen LogP contribution is 2.46. The molecule has 0 N–H and O–H groups in total. The first-order chi connectivity index (χ1) is 18.6. The zero-order valence-corrected chi connectivity index (χ0v) is 22.2. The Balaban J connectivity index is 1.53. The summed E-state index contributed by atoms with van der Waals surface area (Å²) in [4.78, 5) is 7.95. The maximum absolute atomic E-state index is 5.42. The first-order valence-electron chi connectivity index (χ1n) is 13.5. The van der Waals surface area contributed by atoms with Crippen molar-refractivity contribution in [3.63, 3.8) is 0 Å². The number of fused-ring (bicyclic) bond motifs is 2. The van der Waals surface area contributed by atoms with E-state index in [0.717, 1.165) is 77.6 Å². The van der Waals surface area contributed by atoms with Gasteiger partial charge in [0.15, 0.2) is 0 Å². The normalized spacial score (nSPS) is 14.1. The minimum Gasteiger partial charge on any atom is -0.356 e. The van der Waals surface area contributed by atoms with Gasteiger partial charge in [-0.2, -0.15) is 0 Å². The Bertz CT molecular complexity index is 1640. The van der Waals surface area contributed by atoms with Crippen LogP contribution in [-0.4, -0.2) is 32.8 Å². The van der Waals surface area contributed by atoms with Crippen LogP contribution in [0.2, 0.25) is 0 Å². The van der Waals surface area contributed by atoms with Gasteiger partial charge >= 0.3 is 0 Å². The van der Waals surface area contributed by atoms with E-state index >= 15 is 0 Å². The van der Waals surface area contributed by atoms with Crippen molar-refractivity contribution >= 4 is 5.82 Å². The summed E-state index contributed by atoms with van der Waals surface area (Å²) in [7, 11) is 0. The number of anilines is 1. The average molecular weight is 498 g/mol. The van der Waals surface area contributed by atoms with Gasteiger partial charge < -0.3 is 9.47 Å². The highest BCUT2D eigenvalue weighted by atomic mass is 15.3. The molecule has 2 aromatic heterocycles. The standard InChI is InChI=1S/C33H31N5/c1-21-5-11-24(12-6-21)29-27-17-20-37-18-4-19-38-32(26-15-9-23(3)10-16-26)34-31(33(37)38)28(27)30(36-35-29)25-13-7-22(2)8-14-25/h5-16H,4,17-20H2,1-3H3. The van der Waals surface area contributed by atoms with E-state index in [1.807, 2.05) is 0 Å². The molecule has 5 nitrogen and oxygen atoms in total. The molecule has 0 amide bonds. The molecule has 0 fully saturated rings. The number of nitrogens with zero attached hydrogens (tertiary/aromatic N) is 5. The maximum atomic E-state index is 5.42. The zero-order chi connectivity index (χ0) is 25.8. The molecule has 0 saturated heterocycles. The molecule has 5 aromatic rings. The Morgan fingerprint density at radius 1 is 0.579 bits per heavy atom. The Kier molecular flexibility index (Phi) is 5.39. The van der Waals surface area contributed by atoms with E-state index in [2.05, 4.69) is 103 Å². The number of hydrogen-bond acceptors (Lipinski definition) is 4. The smallest absolute Gasteiger partial charge is 0.142 e. The summed E-state index contributed by atoms with van der Waals surface area (Å²) in [6, 6.07) is 26.0. The monoisotopic (exact) mass is 497 g/mol. The molecule has 0 atom stereocenters. The lowest BCUT2D eigenvalue weighted by molar-refractivity contribution is 0.568. The van der Waals surface area contributed by atoms with Gasteiger partial charge in [0.1, 0.15) is 23.0 Å². The molecule has 7 rings (SSSR count). The first-order valence-corrected chi connectivity index (χ1v) is 13.5. The van der Waals surface area contributed by atoms with E-state index in [9.17, 15) is 0 Å². The second-order valence-electron chi connectivity index (χ2n) is 10.7. The van der Waals surface area contributed by atoms with Crippen molar-refractivity contribution in [3.05, 3.63) is 95.1 Å². The number of benzene rings is 3. The minimum atomic E-state index is 0.906. The van der Waals surface area contributed by atoms with Crippen LogP contribution in [0.3, 0.4) is 0 Å². The fourth-order valence-electron chi connectivity index (χ4n) is 5.88. The van der Waals surface area contributed by atoms with Crippen molar-refractivity contribution < 1.29 is 0 Å². The van der Waals surface area contributed by atoms with Crippen LogP contribution in [-0.2, 0) is 13.0 Å². The van der Waals surface area contributed by atoms with Gasteiger partial charge in [-0.05, 0) is 39.2 Å². The Morgan fingerprint density at radius 3 is 1.76 bits per heavy atom. The van der Waals surface area contributed by atoms with Crippen LogP contribution in [0, 0.1) is 20.8 Å². The molecular formula is C33H31N5. The van der Waals surface area contributed by atoms with Crippen LogP contribution >= 0.6 is 0 Å². The lowest BCUT2D eigenvalue weighted by Gasteiger charge is -2.30.